The molecular formula is C30H24N2O4. The van der Waals surface area contributed by atoms with Crippen LogP contribution in [-0.2, 0) is 0 Å². The van der Waals surface area contributed by atoms with Gasteiger partial charge in [-0.05, 0) is 61.9 Å². The summed E-state index contributed by atoms with van der Waals surface area (Å²) in [4.78, 5) is 32.9. The molecule has 6 aromatic rings. The molecule has 0 radical (unpaired) electrons. The number of aromatic nitrogens is 1. The fraction of sp³-hybridized carbons (Fsp3) is 0.167. The fourth-order valence-electron chi connectivity index (χ4n) is 5.09. The van der Waals surface area contributed by atoms with Gasteiger partial charge in [-0.3, -0.25) is 4.98 Å². The highest BCUT2D eigenvalue weighted by Crippen LogP contribution is 2.33. The van der Waals surface area contributed by atoms with Gasteiger partial charge in [0.2, 0.25) is 0 Å². The molecule has 0 bridgehead atoms. The summed E-state index contributed by atoms with van der Waals surface area (Å²) in [5, 5.41) is 4.75. The van der Waals surface area contributed by atoms with Gasteiger partial charge in [0.05, 0.1) is 22.3 Å². The van der Waals surface area contributed by atoms with Crippen LogP contribution < -0.4 is 16.2 Å². The molecule has 0 saturated carbocycles. The van der Waals surface area contributed by atoms with E-state index in [0.717, 1.165) is 40.3 Å². The Kier molecular flexibility index (Phi) is 5.11. The van der Waals surface area contributed by atoms with Gasteiger partial charge in [-0.25, -0.2) is 9.59 Å². The van der Waals surface area contributed by atoms with Crippen molar-refractivity contribution in [3.05, 3.63) is 93.3 Å². The average Bonchev–Trinajstić information content (AvgIpc) is 2.88. The minimum atomic E-state index is -0.470. The number of nitrogens with zero attached hydrogens (tertiary/aromatic N) is 2. The molecule has 0 aliphatic heterocycles. The Morgan fingerprint density at radius 1 is 0.750 bits per heavy atom. The summed E-state index contributed by atoms with van der Waals surface area (Å²) < 4.78 is 11.4. The van der Waals surface area contributed by atoms with Gasteiger partial charge in [-0.2, -0.15) is 0 Å². The number of fused-ring (bicyclic) bond motifs is 6. The van der Waals surface area contributed by atoms with Crippen molar-refractivity contribution >= 4 is 49.2 Å². The van der Waals surface area contributed by atoms with E-state index in [1.165, 1.54) is 0 Å². The first kappa shape index (κ1) is 22.0. The molecule has 0 saturated heterocycles. The van der Waals surface area contributed by atoms with Gasteiger partial charge in [0.25, 0.3) is 0 Å². The van der Waals surface area contributed by atoms with E-state index in [0.29, 0.717) is 38.9 Å². The molecule has 6 rings (SSSR count). The Morgan fingerprint density at radius 2 is 1.50 bits per heavy atom. The zero-order valence-electron chi connectivity index (χ0n) is 20.3. The second kappa shape index (κ2) is 8.34. The van der Waals surface area contributed by atoms with Gasteiger partial charge in [0.1, 0.15) is 11.2 Å². The lowest BCUT2D eigenvalue weighted by molar-refractivity contribution is 0.563. The van der Waals surface area contributed by atoms with Crippen LogP contribution in [0.25, 0.3) is 54.7 Å². The Bertz CT molecular complexity index is 1930. The van der Waals surface area contributed by atoms with E-state index in [1.807, 2.05) is 60.7 Å². The lowest BCUT2D eigenvalue weighted by Crippen LogP contribution is -2.21. The molecular weight excluding hydrogens is 452 g/mol. The standard InChI is InChI=1S/C30H24N2O4/c1-4-32(5-2)20-12-10-19-14-22(29(33)36-26(19)15-20)24-16-23-27(17(3)31-24)30(34)35-25-13-11-18-8-6-7-9-21(18)28(23)25/h6-16H,4-5H2,1-3H3. The fourth-order valence-corrected chi connectivity index (χ4v) is 5.09. The molecule has 0 spiro atoms. The lowest BCUT2D eigenvalue weighted by atomic mass is 9.99. The number of anilines is 1. The second-order valence-electron chi connectivity index (χ2n) is 8.91. The van der Waals surface area contributed by atoms with Gasteiger partial charge >= 0.3 is 11.3 Å². The number of benzene rings is 3. The van der Waals surface area contributed by atoms with Crippen LogP contribution in [0.1, 0.15) is 19.5 Å². The Morgan fingerprint density at radius 3 is 2.31 bits per heavy atom. The third-order valence-electron chi connectivity index (χ3n) is 6.89. The summed E-state index contributed by atoms with van der Waals surface area (Å²) in [7, 11) is 0. The highest BCUT2D eigenvalue weighted by molar-refractivity contribution is 6.18. The van der Waals surface area contributed by atoms with E-state index in [2.05, 4.69) is 23.7 Å². The van der Waals surface area contributed by atoms with E-state index >= 15 is 0 Å². The zero-order chi connectivity index (χ0) is 25.0. The topological polar surface area (TPSA) is 76.6 Å². The van der Waals surface area contributed by atoms with Crippen molar-refractivity contribution in [3.8, 4) is 11.3 Å². The monoisotopic (exact) mass is 476 g/mol. The third kappa shape index (κ3) is 3.37. The van der Waals surface area contributed by atoms with Crippen molar-refractivity contribution < 1.29 is 8.83 Å². The molecule has 0 N–H and O–H groups in total. The van der Waals surface area contributed by atoms with Crippen molar-refractivity contribution in [1.29, 1.82) is 0 Å². The molecule has 178 valence electrons. The maximum absolute atomic E-state index is 13.1. The maximum atomic E-state index is 13.1. The normalized spacial score (nSPS) is 11.6. The molecule has 6 nitrogen and oxygen atoms in total. The Labute approximate surface area is 206 Å². The molecule has 0 aliphatic rings. The van der Waals surface area contributed by atoms with Crippen molar-refractivity contribution in [3.63, 3.8) is 0 Å². The van der Waals surface area contributed by atoms with Crippen LogP contribution in [0, 0.1) is 6.92 Å². The molecule has 0 unspecified atom stereocenters. The summed E-state index contributed by atoms with van der Waals surface area (Å²) in [6, 6.07) is 21.2. The van der Waals surface area contributed by atoms with Crippen LogP contribution in [0.15, 0.2) is 85.2 Å². The molecule has 3 aromatic heterocycles. The second-order valence-corrected chi connectivity index (χ2v) is 8.91. The van der Waals surface area contributed by atoms with Crippen molar-refractivity contribution in [2.45, 2.75) is 20.8 Å². The van der Waals surface area contributed by atoms with E-state index in [4.69, 9.17) is 8.83 Å². The highest BCUT2D eigenvalue weighted by atomic mass is 16.4. The molecule has 0 aliphatic carbocycles. The third-order valence-corrected chi connectivity index (χ3v) is 6.89. The van der Waals surface area contributed by atoms with Gasteiger partial charge < -0.3 is 13.7 Å². The molecule has 0 atom stereocenters. The van der Waals surface area contributed by atoms with Crippen molar-refractivity contribution in [2.75, 3.05) is 18.0 Å². The molecule has 0 amide bonds. The van der Waals surface area contributed by atoms with Gasteiger partial charge in [0.15, 0.2) is 0 Å². The number of aryl methyl sites for hydroxylation is 1. The first-order chi connectivity index (χ1) is 17.5. The van der Waals surface area contributed by atoms with Crippen LogP contribution >= 0.6 is 0 Å². The Hall–Kier alpha value is -4.45. The molecule has 3 heterocycles. The summed E-state index contributed by atoms with van der Waals surface area (Å²) >= 11 is 0. The highest BCUT2D eigenvalue weighted by Gasteiger charge is 2.18. The quantitative estimate of drug-likeness (QED) is 0.216. The molecule has 0 fully saturated rings. The van der Waals surface area contributed by atoms with Gasteiger partial charge in [0, 0.05) is 41.0 Å². The summed E-state index contributed by atoms with van der Waals surface area (Å²) in [6.07, 6.45) is 0. The Balaban J connectivity index is 1.63. The first-order valence-corrected chi connectivity index (χ1v) is 12.1. The van der Waals surface area contributed by atoms with Gasteiger partial charge in [-0.1, -0.05) is 30.3 Å². The minimum Gasteiger partial charge on any atom is -0.422 e. The summed E-state index contributed by atoms with van der Waals surface area (Å²) in [5.74, 6) is 0. The van der Waals surface area contributed by atoms with Crippen molar-refractivity contribution in [1.82, 2.24) is 4.98 Å². The van der Waals surface area contributed by atoms with Crippen LogP contribution in [-0.4, -0.2) is 18.1 Å². The predicted octanol–water partition coefficient (Wildman–Crippen LogP) is 6.42. The summed E-state index contributed by atoms with van der Waals surface area (Å²) in [5.41, 5.74) is 2.44. The van der Waals surface area contributed by atoms with E-state index in [1.54, 1.807) is 13.0 Å². The summed E-state index contributed by atoms with van der Waals surface area (Å²) in [6.45, 7) is 7.67. The van der Waals surface area contributed by atoms with Crippen LogP contribution in [0.5, 0.6) is 0 Å². The van der Waals surface area contributed by atoms with Crippen LogP contribution in [0.4, 0.5) is 5.69 Å². The number of rotatable bonds is 4. The molecule has 3 aromatic carbocycles. The first-order valence-electron chi connectivity index (χ1n) is 12.1. The van der Waals surface area contributed by atoms with Crippen LogP contribution in [0.2, 0.25) is 0 Å². The van der Waals surface area contributed by atoms with Gasteiger partial charge in [-0.15, -0.1) is 0 Å². The smallest absolute Gasteiger partial charge is 0.346 e. The number of pyridine rings is 1. The number of hydrogen-bond donors (Lipinski definition) is 0. The lowest BCUT2D eigenvalue weighted by Gasteiger charge is -2.21. The maximum Gasteiger partial charge on any atom is 0.346 e. The minimum absolute atomic E-state index is 0.352. The number of hydrogen-bond acceptors (Lipinski definition) is 6. The van der Waals surface area contributed by atoms with E-state index in [-0.39, 0.29) is 0 Å². The molecule has 36 heavy (non-hydrogen) atoms. The van der Waals surface area contributed by atoms with E-state index in [9.17, 15) is 9.59 Å². The zero-order valence-corrected chi connectivity index (χ0v) is 20.3. The van der Waals surface area contributed by atoms with Crippen LogP contribution in [0.3, 0.4) is 0 Å². The predicted molar refractivity (Wildman–Crippen MR) is 145 cm³/mol. The van der Waals surface area contributed by atoms with E-state index < -0.39 is 11.3 Å². The molecule has 6 heteroatoms. The van der Waals surface area contributed by atoms with Crippen molar-refractivity contribution in [2.24, 2.45) is 0 Å². The SMILES string of the molecule is CCN(CC)c1ccc2cc(-c3cc4c(c(C)n3)c(=O)oc3ccc5ccccc5c34)c(=O)oc2c1. The largest absolute Gasteiger partial charge is 0.422 e. The average molecular weight is 477 g/mol.